The van der Waals surface area contributed by atoms with Crippen molar-refractivity contribution < 1.29 is 0 Å². The van der Waals surface area contributed by atoms with Crippen molar-refractivity contribution in [2.24, 2.45) is 5.73 Å². The van der Waals surface area contributed by atoms with Crippen molar-refractivity contribution in [1.82, 2.24) is 4.90 Å². The Bertz CT molecular complexity index is 435. The summed E-state index contributed by atoms with van der Waals surface area (Å²) in [6.07, 6.45) is 6.53. The van der Waals surface area contributed by atoms with E-state index in [1.807, 2.05) is 0 Å². The average Bonchev–Trinajstić information content (AvgIpc) is 2.43. The van der Waals surface area contributed by atoms with E-state index in [0.717, 1.165) is 13.1 Å². The number of hydrogen-bond acceptors (Lipinski definition) is 2. The van der Waals surface area contributed by atoms with Crippen LogP contribution in [0, 0.1) is 20.8 Å². The second-order valence-electron chi connectivity index (χ2n) is 6.72. The Labute approximate surface area is 124 Å². The van der Waals surface area contributed by atoms with Crippen LogP contribution in [0.3, 0.4) is 0 Å². The number of rotatable bonds is 4. The van der Waals surface area contributed by atoms with E-state index in [0.29, 0.717) is 0 Å². The third-order valence-corrected chi connectivity index (χ3v) is 5.21. The first-order chi connectivity index (χ1) is 9.48. The third kappa shape index (κ3) is 3.07. The zero-order valence-electron chi connectivity index (χ0n) is 13.6. The van der Waals surface area contributed by atoms with Crippen LogP contribution in [0.15, 0.2) is 12.1 Å². The molecule has 1 saturated carbocycles. The SMILES string of the molecule is Cc1cc(C)c(CN(C)C2(CN)CCCCC2)c(C)c1. The Morgan fingerprint density at radius 3 is 2.10 bits per heavy atom. The lowest BCUT2D eigenvalue weighted by atomic mass is 9.80. The van der Waals surface area contributed by atoms with Crippen molar-refractivity contribution >= 4 is 0 Å². The van der Waals surface area contributed by atoms with Crippen molar-refractivity contribution in [3.05, 3.63) is 34.4 Å². The minimum absolute atomic E-state index is 0.224. The van der Waals surface area contributed by atoms with Crippen LogP contribution < -0.4 is 5.73 Å². The molecule has 0 bridgehead atoms. The summed E-state index contributed by atoms with van der Waals surface area (Å²) >= 11 is 0. The van der Waals surface area contributed by atoms with Crippen molar-refractivity contribution in [1.29, 1.82) is 0 Å². The Hall–Kier alpha value is -0.860. The molecule has 1 aromatic carbocycles. The summed E-state index contributed by atoms with van der Waals surface area (Å²) in [6.45, 7) is 8.46. The maximum atomic E-state index is 6.15. The van der Waals surface area contributed by atoms with Gasteiger partial charge in [-0.15, -0.1) is 0 Å². The number of benzene rings is 1. The van der Waals surface area contributed by atoms with Crippen LogP contribution in [-0.4, -0.2) is 24.0 Å². The van der Waals surface area contributed by atoms with Crippen LogP contribution >= 0.6 is 0 Å². The Morgan fingerprint density at radius 2 is 1.60 bits per heavy atom. The maximum absolute atomic E-state index is 6.15. The molecule has 0 aliphatic heterocycles. The number of hydrogen-bond donors (Lipinski definition) is 1. The van der Waals surface area contributed by atoms with E-state index in [-0.39, 0.29) is 5.54 Å². The molecule has 20 heavy (non-hydrogen) atoms. The van der Waals surface area contributed by atoms with E-state index in [9.17, 15) is 0 Å². The van der Waals surface area contributed by atoms with Crippen molar-refractivity contribution in [2.45, 2.75) is 65.0 Å². The lowest BCUT2D eigenvalue weighted by Crippen LogP contribution is -2.52. The van der Waals surface area contributed by atoms with Crippen LogP contribution in [0.4, 0.5) is 0 Å². The molecule has 0 atom stereocenters. The van der Waals surface area contributed by atoms with Gasteiger partial charge in [-0.1, -0.05) is 37.0 Å². The molecular weight excluding hydrogens is 244 g/mol. The van der Waals surface area contributed by atoms with Gasteiger partial charge in [-0.3, -0.25) is 4.90 Å². The first kappa shape index (κ1) is 15.5. The summed E-state index contributed by atoms with van der Waals surface area (Å²) in [6, 6.07) is 4.60. The largest absolute Gasteiger partial charge is 0.329 e. The second kappa shape index (κ2) is 6.28. The molecule has 0 spiro atoms. The van der Waals surface area contributed by atoms with Crippen LogP contribution in [0.25, 0.3) is 0 Å². The zero-order chi connectivity index (χ0) is 14.8. The standard InChI is InChI=1S/C18H30N2/c1-14-10-15(2)17(16(3)11-14)12-20(4)18(13-19)8-6-5-7-9-18/h10-11H,5-9,12-13,19H2,1-4H3. The quantitative estimate of drug-likeness (QED) is 0.907. The van der Waals surface area contributed by atoms with Gasteiger partial charge in [0.1, 0.15) is 0 Å². The average molecular weight is 274 g/mol. The summed E-state index contributed by atoms with van der Waals surface area (Å²) < 4.78 is 0. The van der Waals surface area contributed by atoms with Gasteiger partial charge in [0.15, 0.2) is 0 Å². The third-order valence-electron chi connectivity index (χ3n) is 5.21. The highest BCUT2D eigenvalue weighted by molar-refractivity contribution is 5.37. The summed E-state index contributed by atoms with van der Waals surface area (Å²) in [5, 5.41) is 0. The molecule has 0 aromatic heterocycles. The highest BCUT2D eigenvalue weighted by atomic mass is 15.2. The molecule has 0 heterocycles. The molecule has 1 aliphatic carbocycles. The minimum Gasteiger partial charge on any atom is -0.329 e. The van der Waals surface area contributed by atoms with Gasteiger partial charge in [-0.25, -0.2) is 0 Å². The number of aryl methyl sites for hydroxylation is 3. The fourth-order valence-electron chi connectivity index (χ4n) is 3.82. The highest BCUT2D eigenvalue weighted by Gasteiger charge is 2.34. The molecule has 2 nitrogen and oxygen atoms in total. The van der Waals surface area contributed by atoms with E-state index in [1.165, 1.54) is 54.4 Å². The topological polar surface area (TPSA) is 29.3 Å². The van der Waals surface area contributed by atoms with Crippen LogP contribution in [0.1, 0.15) is 54.4 Å². The molecular formula is C18H30N2. The normalized spacial score (nSPS) is 18.5. The van der Waals surface area contributed by atoms with Crippen molar-refractivity contribution in [3.63, 3.8) is 0 Å². The minimum atomic E-state index is 0.224. The molecule has 0 radical (unpaired) electrons. The van der Waals surface area contributed by atoms with E-state index < -0.39 is 0 Å². The maximum Gasteiger partial charge on any atom is 0.0332 e. The number of nitrogens with two attached hydrogens (primary N) is 1. The molecule has 1 aliphatic rings. The lowest BCUT2D eigenvalue weighted by molar-refractivity contribution is 0.0755. The van der Waals surface area contributed by atoms with Gasteiger partial charge in [0.25, 0.3) is 0 Å². The molecule has 2 heteroatoms. The lowest BCUT2D eigenvalue weighted by Gasteiger charge is -2.44. The molecule has 0 unspecified atom stereocenters. The van der Waals surface area contributed by atoms with Gasteiger partial charge in [-0.2, -0.15) is 0 Å². The molecule has 2 N–H and O–H groups in total. The van der Waals surface area contributed by atoms with Gasteiger partial charge < -0.3 is 5.73 Å². The molecule has 1 fully saturated rings. The number of nitrogens with zero attached hydrogens (tertiary/aromatic N) is 1. The van der Waals surface area contributed by atoms with Crippen LogP contribution in [0.5, 0.6) is 0 Å². The van der Waals surface area contributed by atoms with E-state index in [4.69, 9.17) is 5.73 Å². The summed E-state index contributed by atoms with van der Waals surface area (Å²) in [4.78, 5) is 2.52. The van der Waals surface area contributed by atoms with Gasteiger partial charge in [0.05, 0.1) is 0 Å². The summed E-state index contributed by atoms with van der Waals surface area (Å²) in [5.74, 6) is 0. The first-order valence-corrected chi connectivity index (χ1v) is 7.96. The van der Waals surface area contributed by atoms with E-state index in [1.54, 1.807) is 0 Å². The van der Waals surface area contributed by atoms with Gasteiger partial charge in [0, 0.05) is 18.6 Å². The Morgan fingerprint density at radius 1 is 1.05 bits per heavy atom. The predicted molar refractivity (Wildman–Crippen MR) is 87.0 cm³/mol. The van der Waals surface area contributed by atoms with Crippen molar-refractivity contribution in [3.8, 4) is 0 Å². The summed E-state index contributed by atoms with van der Waals surface area (Å²) in [5.41, 5.74) is 12.0. The molecule has 2 rings (SSSR count). The number of likely N-dealkylation sites (N-methyl/N-ethyl adjacent to an activating group) is 1. The van der Waals surface area contributed by atoms with E-state index >= 15 is 0 Å². The molecule has 1 aromatic rings. The zero-order valence-corrected chi connectivity index (χ0v) is 13.6. The van der Waals surface area contributed by atoms with Crippen molar-refractivity contribution in [2.75, 3.05) is 13.6 Å². The Kier molecular flexibility index (Phi) is 4.87. The Balaban J connectivity index is 2.20. The van der Waals surface area contributed by atoms with Gasteiger partial charge >= 0.3 is 0 Å². The fraction of sp³-hybridized carbons (Fsp3) is 0.667. The molecule has 0 saturated heterocycles. The second-order valence-corrected chi connectivity index (χ2v) is 6.72. The predicted octanol–water partition coefficient (Wildman–Crippen LogP) is 3.71. The summed E-state index contributed by atoms with van der Waals surface area (Å²) in [7, 11) is 2.26. The van der Waals surface area contributed by atoms with Gasteiger partial charge in [0.2, 0.25) is 0 Å². The monoisotopic (exact) mass is 274 g/mol. The fourth-order valence-corrected chi connectivity index (χ4v) is 3.82. The van der Waals surface area contributed by atoms with E-state index in [2.05, 4.69) is 44.9 Å². The van der Waals surface area contributed by atoms with Crippen LogP contribution in [-0.2, 0) is 6.54 Å². The smallest absolute Gasteiger partial charge is 0.0332 e. The highest BCUT2D eigenvalue weighted by Crippen LogP contribution is 2.33. The molecule has 0 amide bonds. The first-order valence-electron chi connectivity index (χ1n) is 7.96. The van der Waals surface area contributed by atoms with Gasteiger partial charge in [-0.05, 0) is 57.4 Å². The van der Waals surface area contributed by atoms with Crippen LogP contribution in [0.2, 0.25) is 0 Å². The molecule has 112 valence electrons.